The molecule has 0 amide bonds. The van der Waals surface area contributed by atoms with E-state index in [9.17, 15) is 8.78 Å². The van der Waals surface area contributed by atoms with Crippen LogP contribution in [0.1, 0.15) is 38.5 Å². The molecule has 0 nitrogen and oxygen atoms in total. The fraction of sp³-hybridized carbons (Fsp3) is 0.818. The van der Waals surface area contributed by atoms with E-state index in [-0.39, 0.29) is 18.3 Å². The quantitative estimate of drug-likeness (QED) is 0.507. The van der Waals surface area contributed by atoms with Crippen molar-refractivity contribution in [3.8, 4) is 12.3 Å². The van der Waals surface area contributed by atoms with Crippen LogP contribution in [0, 0.1) is 23.7 Å². The Balaban J connectivity index is 1.90. The van der Waals surface area contributed by atoms with E-state index in [1.165, 1.54) is 0 Å². The van der Waals surface area contributed by atoms with Crippen molar-refractivity contribution in [3.05, 3.63) is 0 Å². The third kappa shape index (κ3) is 1.57. The normalized spacial score (nSPS) is 30.8. The second-order valence-corrected chi connectivity index (χ2v) is 4.63. The van der Waals surface area contributed by atoms with Gasteiger partial charge in [-0.1, -0.05) is 0 Å². The first-order valence-electron chi connectivity index (χ1n) is 4.89. The van der Waals surface area contributed by atoms with Crippen molar-refractivity contribution >= 4 is 0 Å². The highest BCUT2D eigenvalue weighted by atomic mass is 19.3. The van der Waals surface area contributed by atoms with Crippen LogP contribution in [-0.2, 0) is 0 Å². The predicted octanol–water partition coefficient (Wildman–Crippen LogP) is 3.23. The van der Waals surface area contributed by atoms with Crippen LogP contribution in [0.2, 0.25) is 0 Å². The Bertz CT molecular complexity index is 231. The lowest BCUT2D eigenvalue weighted by molar-refractivity contribution is -0.0943. The molecule has 0 N–H and O–H groups in total. The summed E-state index contributed by atoms with van der Waals surface area (Å²) in [6, 6.07) is 0. The van der Waals surface area contributed by atoms with Crippen LogP contribution in [0.5, 0.6) is 0 Å². The predicted molar refractivity (Wildman–Crippen MR) is 47.4 cm³/mol. The Morgan fingerprint density at radius 1 is 1.08 bits per heavy atom. The average Bonchev–Trinajstić information content (AvgIpc) is 2.01. The molecule has 0 bridgehead atoms. The van der Waals surface area contributed by atoms with Gasteiger partial charge in [-0.25, -0.2) is 8.78 Å². The second-order valence-electron chi connectivity index (χ2n) is 4.63. The van der Waals surface area contributed by atoms with Crippen molar-refractivity contribution in [1.82, 2.24) is 0 Å². The molecule has 0 saturated heterocycles. The van der Waals surface area contributed by atoms with Gasteiger partial charge in [0, 0.05) is 18.8 Å². The topological polar surface area (TPSA) is 0 Å². The van der Waals surface area contributed by atoms with Gasteiger partial charge in [0.05, 0.1) is 0 Å². The van der Waals surface area contributed by atoms with Gasteiger partial charge in [-0.15, -0.1) is 12.3 Å². The molecule has 2 fully saturated rings. The van der Waals surface area contributed by atoms with E-state index in [1.807, 2.05) is 0 Å². The van der Waals surface area contributed by atoms with E-state index in [4.69, 9.17) is 6.42 Å². The molecule has 0 atom stereocenters. The fourth-order valence-corrected chi connectivity index (χ4v) is 2.66. The molecule has 0 aromatic rings. The van der Waals surface area contributed by atoms with Gasteiger partial charge in [0.15, 0.2) is 0 Å². The summed E-state index contributed by atoms with van der Waals surface area (Å²) in [5.41, 5.74) is 0.207. The van der Waals surface area contributed by atoms with E-state index < -0.39 is 5.92 Å². The minimum Gasteiger partial charge on any atom is -0.207 e. The van der Waals surface area contributed by atoms with Gasteiger partial charge in [0.25, 0.3) is 0 Å². The van der Waals surface area contributed by atoms with Gasteiger partial charge in [-0.2, -0.15) is 0 Å². The lowest BCUT2D eigenvalue weighted by atomic mass is 9.55. The Morgan fingerprint density at radius 3 is 2.08 bits per heavy atom. The highest BCUT2D eigenvalue weighted by molar-refractivity contribution is 5.08. The van der Waals surface area contributed by atoms with Crippen molar-refractivity contribution in [2.75, 3.05) is 0 Å². The summed E-state index contributed by atoms with van der Waals surface area (Å²) < 4.78 is 25.7. The van der Waals surface area contributed by atoms with Crippen molar-refractivity contribution in [1.29, 1.82) is 0 Å². The average molecular weight is 184 g/mol. The molecule has 72 valence electrons. The van der Waals surface area contributed by atoms with Crippen molar-refractivity contribution in [2.24, 2.45) is 11.3 Å². The molecule has 13 heavy (non-hydrogen) atoms. The highest BCUT2D eigenvalue weighted by Crippen LogP contribution is 2.56. The molecule has 0 unspecified atom stereocenters. The first-order chi connectivity index (χ1) is 6.05. The van der Waals surface area contributed by atoms with Gasteiger partial charge in [0.1, 0.15) is 0 Å². The minimum absolute atomic E-state index is 0.0737. The number of terminal acetylenes is 1. The van der Waals surface area contributed by atoms with E-state index >= 15 is 0 Å². The van der Waals surface area contributed by atoms with E-state index in [0.29, 0.717) is 18.8 Å². The first-order valence-corrected chi connectivity index (χ1v) is 4.89. The van der Waals surface area contributed by atoms with Crippen molar-refractivity contribution < 1.29 is 8.78 Å². The van der Waals surface area contributed by atoms with Crippen LogP contribution in [0.4, 0.5) is 8.78 Å². The Hall–Kier alpha value is -0.580. The zero-order valence-electron chi connectivity index (χ0n) is 7.65. The SMILES string of the molecule is C#CC1CC2(CCC(F)(F)CC2)C1. The van der Waals surface area contributed by atoms with Crippen LogP contribution in [-0.4, -0.2) is 5.92 Å². The molecule has 1 spiro atoms. The minimum atomic E-state index is -2.40. The third-order valence-corrected chi connectivity index (χ3v) is 3.64. The van der Waals surface area contributed by atoms with Gasteiger partial charge >= 0.3 is 0 Å². The maximum atomic E-state index is 12.8. The van der Waals surface area contributed by atoms with Gasteiger partial charge in [-0.3, -0.25) is 0 Å². The van der Waals surface area contributed by atoms with E-state index in [2.05, 4.69) is 5.92 Å². The second kappa shape index (κ2) is 2.70. The lowest BCUT2D eigenvalue weighted by Gasteiger charge is -2.50. The number of halogens is 2. The van der Waals surface area contributed by atoms with Crippen LogP contribution in [0.3, 0.4) is 0 Å². The molecule has 2 rings (SSSR count). The van der Waals surface area contributed by atoms with Crippen LogP contribution >= 0.6 is 0 Å². The van der Waals surface area contributed by atoms with E-state index in [1.54, 1.807) is 0 Å². The molecule has 0 radical (unpaired) electrons. The first kappa shape index (κ1) is 8.99. The van der Waals surface area contributed by atoms with Crippen molar-refractivity contribution in [3.63, 3.8) is 0 Å². The number of hydrogen-bond acceptors (Lipinski definition) is 0. The smallest absolute Gasteiger partial charge is 0.207 e. The zero-order chi connectivity index (χ0) is 9.53. The maximum Gasteiger partial charge on any atom is 0.248 e. The van der Waals surface area contributed by atoms with Gasteiger partial charge < -0.3 is 0 Å². The molecule has 0 heterocycles. The van der Waals surface area contributed by atoms with E-state index in [0.717, 1.165) is 12.8 Å². The van der Waals surface area contributed by atoms with Gasteiger partial charge in [0.2, 0.25) is 5.92 Å². The van der Waals surface area contributed by atoms with Gasteiger partial charge in [-0.05, 0) is 31.1 Å². The largest absolute Gasteiger partial charge is 0.248 e. The molecular weight excluding hydrogens is 170 g/mol. The summed E-state index contributed by atoms with van der Waals surface area (Å²) >= 11 is 0. The molecule has 2 saturated carbocycles. The molecule has 0 aliphatic heterocycles. The molecule has 2 aliphatic rings. The third-order valence-electron chi connectivity index (χ3n) is 3.64. The maximum absolute atomic E-state index is 12.8. The zero-order valence-corrected chi connectivity index (χ0v) is 7.65. The number of hydrogen-bond donors (Lipinski definition) is 0. The Labute approximate surface area is 77.7 Å². The molecule has 2 heteroatoms. The molecular formula is C11H14F2. The van der Waals surface area contributed by atoms with Crippen LogP contribution in [0.15, 0.2) is 0 Å². The van der Waals surface area contributed by atoms with Crippen LogP contribution in [0.25, 0.3) is 0 Å². The summed E-state index contributed by atoms with van der Waals surface area (Å²) in [6.07, 6.45) is 8.76. The van der Waals surface area contributed by atoms with Crippen LogP contribution < -0.4 is 0 Å². The lowest BCUT2D eigenvalue weighted by Crippen LogP contribution is -2.42. The number of alkyl halides is 2. The molecule has 0 aromatic carbocycles. The summed E-state index contributed by atoms with van der Waals surface area (Å²) in [4.78, 5) is 0. The summed E-state index contributed by atoms with van der Waals surface area (Å²) in [5.74, 6) is 0.677. The Kier molecular flexibility index (Phi) is 1.87. The highest BCUT2D eigenvalue weighted by Gasteiger charge is 2.49. The van der Waals surface area contributed by atoms with Crippen molar-refractivity contribution in [2.45, 2.75) is 44.4 Å². The fourth-order valence-electron chi connectivity index (χ4n) is 2.66. The monoisotopic (exact) mass is 184 g/mol. The Morgan fingerprint density at radius 2 is 1.62 bits per heavy atom. The standard InChI is InChI=1S/C11H14F2/c1-2-9-7-10(8-9)3-5-11(12,13)6-4-10/h1,9H,3-8H2. The number of rotatable bonds is 0. The molecule has 2 aliphatic carbocycles. The summed E-state index contributed by atoms with van der Waals surface area (Å²) in [5, 5.41) is 0. The summed E-state index contributed by atoms with van der Waals surface area (Å²) in [7, 11) is 0. The summed E-state index contributed by atoms with van der Waals surface area (Å²) in [6.45, 7) is 0. The molecule has 0 aromatic heterocycles.